The second kappa shape index (κ2) is 11.5. The third-order valence-electron chi connectivity index (χ3n) is 8.37. The van der Waals surface area contributed by atoms with Crippen molar-refractivity contribution >= 4 is 22.9 Å². The molecule has 6 rings (SSSR count). The van der Waals surface area contributed by atoms with E-state index in [4.69, 9.17) is 14.7 Å². The van der Waals surface area contributed by atoms with Crippen molar-refractivity contribution in [3.05, 3.63) is 54.1 Å². The number of amides is 1. The number of likely N-dealkylation sites (tertiary alicyclic amines) is 1. The molecule has 10 nitrogen and oxygen atoms in total. The minimum atomic E-state index is 0.114. The molecule has 0 bridgehead atoms. The van der Waals surface area contributed by atoms with Crippen molar-refractivity contribution in [3.8, 4) is 22.5 Å². The van der Waals surface area contributed by atoms with Gasteiger partial charge in [-0.05, 0) is 64.0 Å². The molecule has 2 fully saturated rings. The van der Waals surface area contributed by atoms with Crippen LogP contribution in [0.15, 0.2) is 48.5 Å². The van der Waals surface area contributed by atoms with Crippen LogP contribution in [-0.2, 0) is 11.3 Å². The summed E-state index contributed by atoms with van der Waals surface area (Å²) >= 11 is 0. The number of morpholine rings is 1. The molecule has 0 spiro atoms. The van der Waals surface area contributed by atoms with Crippen molar-refractivity contribution in [3.63, 3.8) is 0 Å². The van der Waals surface area contributed by atoms with E-state index in [1.165, 1.54) is 0 Å². The van der Waals surface area contributed by atoms with Crippen LogP contribution in [-0.4, -0.2) is 99.7 Å². The van der Waals surface area contributed by atoms with Crippen molar-refractivity contribution in [1.82, 2.24) is 34.8 Å². The zero-order valence-electron chi connectivity index (χ0n) is 24.3. The van der Waals surface area contributed by atoms with Gasteiger partial charge < -0.3 is 19.4 Å². The average Bonchev–Trinajstić information content (AvgIpc) is 3.44. The Hall–Kier alpha value is -3.89. The summed E-state index contributed by atoms with van der Waals surface area (Å²) in [6.07, 6.45) is 2.04. The van der Waals surface area contributed by atoms with E-state index < -0.39 is 0 Å². The predicted molar refractivity (Wildman–Crippen MR) is 160 cm³/mol. The minimum Gasteiger partial charge on any atom is -0.377 e. The van der Waals surface area contributed by atoms with Gasteiger partial charge in [0.15, 0.2) is 22.8 Å². The van der Waals surface area contributed by atoms with Crippen LogP contribution < -0.4 is 4.90 Å². The Bertz CT molecular complexity index is 1510. The highest BCUT2D eigenvalue weighted by Crippen LogP contribution is 2.30. The molecule has 0 radical (unpaired) electrons. The average molecular weight is 555 g/mol. The Morgan fingerprint density at radius 1 is 0.951 bits per heavy atom. The maximum atomic E-state index is 13.1. The molecular formula is C31H38N8O2. The fourth-order valence-corrected chi connectivity index (χ4v) is 5.81. The Balaban J connectivity index is 1.22. The number of carbonyl (C=O) groups is 1. The van der Waals surface area contributed by atoms with Gasteiger partial charge in [0, 0.05) is 43.3 Å². The number of aryl methyl sites for hydroxylation is 1. The fourth-order valence-electron chi connectivity index (χ4n) is 5.81. The third-order valence-corrected chi connectivity index (χ3v) is 8.37. The van der Waals surface area contributed by atoms with E-state index >= 15 is 0 Å². The first kappa shape index (κ1) is 27.3. The molecule has 0 saturated carbocycles. The normalized spacial score (nSPS) is 18.4. The standard InChI is InChI=1S/C31H38N8O2/c1-5-39-30-27(34-35-39)29(38-18-19-41-20-21(38)2)32-28(33-30)24-10-6-22(7-11-24)23-8-12-25(13-9-23)31(40)37-16-14-26(15-17-37)36(3)4/h6-13,21,26H,5,14-20H2,1-4H3/t21-/m0/s1. The van der Waals surface area contributed by atoms with E-state index in [0.717, 1.165) is 71.7 Å². The van der Waals surface area contributed by atoms with Crippen molar-refractivity contribution in [2.45, 2.75) is 45.3 Å². The highest BCUT2D eigenvalue weighted by atomic mass is 16.5. The number of nitrogens with zero attached hydrogens (tertiary/aromatic N) is 8. The molecule has 4 aromatic rings. The second-order valence-corrected chi connectivity index (χ2v) is 11.2. The summed E-state index contributed by atoms with van der Waals surface area (Å²) in [6.45, 7) is 8.51. The highest BCUT2D eigenvalue weighted by Gasteiger charge is 2.27. The van der Waals surface area contributed by atoms with Crippen LogP contribution in [0.4, 0.5) is 5.82 Å². The molecule has 214 valence electrons. The lowest BCUT2D eigenvalue weighted by molar-refractivity contribution is 0.0663. The van der Waals surface area contributed by atoms with Crippen LogP contribution in [0.25, 0.3) is 33.7 Å². The molecule has 1 amide bonds. The van der Waals surface area contributed by atoms with E-state index in [9.17, 15) is 4.79 Å². The topological polar surface area (TPSA) is 92.5 Å². The van der Waals surface area contributed by atoms with E-state index in [0.29, 0.717) is 31.6 Å². The SMILES string of the molecule is CCn1nnc2c(N3CCOC[C@@H]3C)nc(-c3ccc(-c4ccc(C(=O)N5CCC(N(C)C)CC5)cc4)cc3)nc21. The van der Waals surface area contributed by atoms with E-state index in [1.54, 1.807) is 0 Å². The molecule has 2 aliphatic rings. The van der Waals surface area contributed by atoms with Gasteiger partial charge in [-0.2, -0.15) is 0 Å². The predicted octanol–water partition coefficient (Wildman–Crippen LogP) is 3.97. The zero-order chi connectivity index (χ0) is 28.5. The number of carbonyl (C=O) groups excluding carboxylic acids is 1. The number of piperidine rings is 1. The van der Waals surface area contributed by atoms with E-state index in [1.807, 2.05) is 40.8 Å². The highest BCUT2D eigenvalue weighted by molar-refractivity contribution is 5.95. The number of fused-ring (bicyclic) bond motifs is 1. The summed E-state index contributed by atoms with van der Waals surface area (Å²) in [7, 11) is 4.23. The van der Waals surface area contributed by atoms with Crippen molar-refractivity contribution in [1.29, 1.82) is 0 Å². The maximum absolute atomic E-state index is 13.1. The van der Waals surface area contributed by atoms with Crippen LogP contribution >= 0.6 is 0 Å². The molecule has 0 unspecified atom stereocenters. The van der Waals surface area contributed by atoms with Gasteiger partial charge in [-0.25, -0.2) is 14.6 Å². The number of aromatic nitrogens is 5. The number of hydrogen-bond donors (Lipinski definition) is 0. The minimum absolute atomic E-state index is 0.114. The molecule has 0 aliphatic carbocycles. The molecule has 2 aromatic carbocycles. The van der Waals surface area contributed by atoms with Crippen molar-refractivity contribution in [2.75, 3.05) is 51.8 Å². The summed E-state index contributed by atoms with van der Waals surface area (Å²) in [5.74, 6) is 1.56. The van der Waals surface area contributed by atoms with E-state index in [2.05, 4.69) is 65.4 Å². The van der Waals surface area contributed by atoms with Gasteiger partial charge in [0.25, 0.3) is 5.91 Å². The quantitative estimate of drug-likeness (QED) is 0.354. The van der Waals surface area contributed by atoms with Gasteiger partial charge in [0.2, 0.25) is 0 Å². The smallest absolute Gasteiger partial charge is 0.253 e. The number of rotatable bonds is 6. The van der Waals surface area contributed by atoms with Crippen LogP contribution in [0.1, 0.15) is 37.0 Å². The van der Waals surface area contributed by atoms with Crippen LogP contribution in [0.3, 0.4) is 0 Å². The monoisotopic (exact) mass is 554 g/mol. The third kappa shape index (κ3) is 5.41. The van der Waals surface area contributed by atoms with Gasteiger partial charge in [0.05, 0.1) is 19.3 Å². The molecule has 2 aromatic heterocycles. The number of benzene rings is 2. The van der Waals surface area contributed by atoms with Crippen molar-refractivity contribution in [2.24, 2.45) is 0 Å². The van der Waals surface area contributed by atoms with Crippen LogP contribution in [0.5, 0.6) is 0 Å². The first-order valence-electron chi connectivity index (χ1n) is 14.5. The molecule has 0 N–H and O–H groups in total. The molecule has 10 heteroatoms. The fraction of sp³-hybridized carbons (Fsp3) is 0.452. The molecule has 41 heavy (non-hydrogen) atoms. The largest absolute Gasteiger partial charge is 0.377 e. The Labute approximate surface area is 240 Å². The molecular weight excluding hydrogens is 516 g/mol. The lowest BCUT2D eigenvalue weighted by atomic mass is 10.0. The number of anilines is 1. The lowest BCUT2D eigenvalue weighted by Gasteiger charge is -2.35. The van der Waals surface area contributed by atoms with Crippen LogP contribution in [0.2, 0.25) is 0 Å². The molecule has 2 saturated heterocycles. The lowest BCUT2D eigenvalue weighted by Crippen LogP contribution is -2.44. The summed E-state index contributed by atoms with van der Waals surface area (Å²) in [6, 6.07) is 16.9. The maximum Gasteiger partial charge on any atom is 0.253 e. The van der Waals surface area contributed by atoms with Gasteiger partial charge in [-0.1, -0.05) is 41.6 Å². The number of hydrogen-bond acceptors (Lipinski definition) is 8. The first-order valence-corrected chi connectivity index (χ1v) is 14.5. The van der Waals surface area contributed by atoms with Crippen LogP contribution in [0, 0.1) is 0 Å². The van der Waals surface area contributed by atoms with Gasteiger partial charge >= 0.3 is 0 Å². The summed E-state index contributed by atoms with van der Waals surface area (Å²) in [5.41, 5.74) is 5.25. The van der Waals surface area contributed by atoms with Crippen molar-refractivity contribution < 1.29 is 9.53 Å². The van der Waals surface area contributed by atoms with Gasteiger partial charge in [-0.3, -0.25) is 4.79 Å². The summed E-state index contributed by atoms with van der Waals surface area (Å²) in [4.78, 5) is 29.4. The summed E-state index contributed by atoms with van der Waals surface area (Å²) in [5, 5.41) is 8.74. The Morgan fingerprint density at radius 2 is 1.61 bits per heavy atom. The first-order chi connectivity index (χ1) is 19.9. The van der Waals surface area contributed by atoms with E-state index in [-0.39, 0.29) is 11.9 Å². The van der Waals surface area contributed by atoms with Gasteiger partial charge in [0.1, 0.15) is 0 Å². The zero-order valence-corrected chi connectivity index (χ0v) is 24.3. The summed E-state index contributed by atoms with van der Waals surface area (Å²) < 4.78 is 7.47. The second-order valence-electron chi connectivity index (χ2n) is 11.2. The molecule has 4 heterocycles. The Morgan fingerprint density at radius 3 is 2.24 bits per heavy atom. The Kier molecular flexibility index (Phi) is 7.68. The molecule has 1 atom stereocenters. The van der Waals surface area contributed by atoms with Gasteiger partial charge in [-0.15, -0.1) is 5.10 Å². The number of ether oxygens (including phenoxy) is 1. The molecule has 2 aliphatic heterocycles.